The molecule has 130 valence electrons. The zero-order valence-corrected chi connectivity index (χ0v) is 15.0. The highest BCUT2D eigenvalue weighted by Gasteiger charge is 2.38. The van der Waals surface area contributed by atoms with Crippen molar-refractivity contribution in [1.29, 1.82) is 0 Å². The molecule has 1 aromatic heterocycles. The standard InChI is InChI=1S/C17H29N3O3/c1-6-17(22-12-14-8-11-19(5)18-14)9-7-10-20(13-17)15(21)23-16(2,3)4/h8,11H,6-7,9-10,12-13H2,1-5H3. The number of hydrogen-bond donors (Lipinski definition) is 0. The van der Waals surface area contributed by atoms with E-state index in [0.29, 0.717) is 13.2 Å². The quantitative estimate of drug-likeness (QED) is 0.854. The Kier molecular flexibility index (Phi) is 5.34. The highest BCUT2D eigenvalue weighted by atomic mass is 16.6. The molecule has 1 atom stereocenters. The minimum absolute atomic E-state index is 0.253. The number of aryl methyl sites for hydroxylation is 1. The van der Waals surface area contributed by atoms with Crippen LogP contribution in [0.2, 0.25) is 0 Å². The van der Waals surface area contributed by atoms with Gasteiger partial charge >= 0.3 is 6.09 Å². The number of amides is 1. The van der Waals surface area contributed by atoms with Crippen LogP contribution in [0.5, 0.6) is 0 Å². The van der Waals surface area contributed by atoms with Gasteiger partial charge in [0.05, 0.1) is 24.4 Å². The largest absolute Gasteiger partial charge is 0.444 e. The van der Waals surface area contributed by atoms with Gasteiger partial charge in [0.1, 0.15) is 5.60 Å². The van der Waals surface area contributed by atoms with Crippen molar-refractivity contribution in [3.8, 4) is 0 Å². The fourth-order valence-corrected chi connectivity index (χ4v) is 2.86. The summed E-state index contributed by atoms with van der Waals surface area (Å²) in [6.45, 7) is 9.54. The minimum atomic E-state index is -0.474. The van der Waals surface area contributed by atoms with E-state index in [1.807, 2.05) is 40.1 Å². The van der Waals surface area contributed by atoms with Crippen molar-refractivity contribution in [1.82, 2.24) is 14.7 Å². The number of nitrogens with zero attached hydrogens (tertiary/aromatic N) is 3. The van der Waals surface area contributed by atoms with Crippen LogP contribution in [0.1, 0.15) is 52.7 Å². The number of likely N-dealkylation sites (tertiary alicyclic amines) is 1. The van der Waals surface area contributed by atoms with E-state index in [2.05, 4.69) is 12.0 Å². The number of piperidine rings is 1. The first-order valence-corrected chi connectivity index (χ1v) is 8.33. The molecule has 0 spiro atoms. The van der Waals surface area contributed by atoms with Crippen LogP contribution >= 0.6 is 0 Å². The second-order valence-electron chi connectivity index (χ2n) is 7.31. The molecule has 6 nitrogen and oxygen atoms in total. The Bertz CT molecular complexity index is 535. The van der Waals surface area contributed by atoms with E-state index < -0.39 is 5.60 Å². The van der Waals surface area contributed by atoms with E-state index in [0.717, 1.165) is 31.5 Å². The maximum atomic E-state index is 12.3. The Balaban J connectivity index is 1.98. The molecule has 6 heteroatoms. The first-order valence-electron chi connectivity index (χ1n) is 8.33. The average Bonchev–Trinajstić information content (AvgIpc) is 2.89. The molecule has 23 heavy (non-hydrogen) atoms. The highest BCUT2D eigenvalue weighted by molar-refractivity contribution is 5.68. The van der Waals surface area contributed by atoms with Crippen molar-refractivity contribution >= 4 is 6.09 Å². The summed E-state index contributed by atoms with van der Waals surface area (Å²) in [7, 11) is 1.89. The fraction of sp³-hybridized carbons (Fsp3) is 0.765. The van der Waals surface area contributed by atoms with Gasteiger partial charge in [-0.1, -0.05) is 6.92 Å². The van der Waals surface area contributed by atoms with Crippen LogP contribution in [0, 0.1) is 0 Å². The normalized spacial score (nSPS) is 22.2. The molecule has 0 saturated carbocycles. The van der Waals surface area contributed by atoms with Gasteiger partial charge in [-0.25, -0.2) is 4.79 Å². The molecule has 0 radical (unpaired) electrons. The van der Waals surface area contributed by atoms with Crippen LogP contribution < -0.4 is 0 Å². The van der Waals surface area contributed by atoms with E-state index in [4.69, 9.17) is 9.47 Å². The van der Waals surface area contributed by atoms with Crippen molar-refractivity contribution in [3.05, 3.63) is 18.0 Å². The number of rotatable bonds is 4. The lowest BCUT2D eigenvalue weighted by Crippen LogP contribution is -2.52. The molecule has 1 aromatic rings. The Morgan fingerprint density at radius 1 is 1.43 bits per heavy atom. The summed E-state index contributed by atoms with van der Waals surface area (Å²) in [5.74, 6) is 0. The van der Waals surface area contributed by atoms with Gasteiger partial charge in [0.25, 0.3) is 0 Å². The third kappa shape index (κ3) is 4.96. The maximum Gasteiger partial charge on any atom is 0.410 e. The summed E-state index contributed by atoms with van der Waals surface area (Å²) in [5, 5.41) is 4.35. The number of aromatic nitrogens is 2. The molecule has 1 fully saturated rings. The summed E-state index contributed by atoms with van der Waals surface area (Å²) in [5.41, 5.74) is 0.125. The Hall–Kier alpha value is -1.56. The summed E-state index contributed by atoms with van der Waals surface area (Å²) in [6.07, 6.45) is 4.39. The van der Waals surface area contributed by atoms with Crippen molar-refractivity contribution < 1.29 is 14.3 Å². The van der Waals surface area contributed by atoms with E-state index >= 15 is 0 Å². The van der Waals surface area contributed by atoms with Crippen molar-refractivity contribution in [3.63, 3.8) is 0 Å². The van der Waals surface area contributed by atoms with Crippen LogP contribution in [0.25, 0.3) is 0 Å². The van der Waals surface area contributed by atoms with Gasteiger partial charge in [0, 0.05) is 19.8 Å². The molecule has 0 N–H and O–H groups in total. The predicted molar refractivity (Wildman–Crippen MR) is 88.1 cm³/mol. The zero-order valence-electron chi connectivity index (χ0n) is 15.0. The molecule has 0 aliphatic carbocycles. The van der Waals surface area contributed by atoms with Gasteiger partial charge in [-0.3, -0.25) is 4.68 Å². The predicted octanol–water partition coefficient (Wildman–Crippen LogP) is 3.12. The summed E-state index contributed by atoms with van der Waals surface area (Å²) < 4.78 is 13.5. The second kappa shape index (κ2) is 6.91. The molecule has 2 heterocycles. The maximum absolute atomic E-state index is 12.3. The number of carbonyl (C=O) groups is 1. The summed E-state index contributed by atoms with van der Waals surface area (Å²) in [6, 6.07) is 1.96. The Morgan fingerprint density at radius 3 is 2.74 bits per heavy atom. The van der Waals surface area contributed by atoms with Crippen molar-refractivity contribution in [2.45, 2.75) is 64.8 Å². The topological polar surface area (TPSA) is 56.6 Å². The van der Waals surface area contributed by atoms with Crippen LogP contribution in [0.3, 0.4) is 0 Å². The molecular formula is C17H29N3O3. The van der Waals surface area contributed by atoms with E-state index in [-0.39, 0.29) is 11.7 Å². The van der Waals surface area contributed by atoms with Gasteiger partial charge in [-0.2, -0.15) is 5.10 Å². The molecule has 0 aromatic carbocycles. The Morgan fingerprint density at radius 2 is 2.17 bits per heavy atom. The van der Waals surface area contributed by atoms with E-state index in [1.165, 1.54) is 0 Å². The van der Waals surface area contributed by atoms with E-state index in [1.54, 1.807) is 9.58 Å². The smallest absolute Gasteiger partial charge is 0.410 e. The minimum Gasteiger partial charge on any atom is -0.444 e. The van der Waals surface area contributed by atoms with Crippen molar-refractivity contribution in [2.75, 3.05) is 13.1 Å². The molecule has 1 unspecified atom stereocenters. The molecular weight excluding hydrogens is 294 g/mol. The highest BCUT2D eigenvalue weighted by Crippen LogP contribution is 2.30. The number of hydrogen-bond acceptors (Lipinski definition) is 4. The third-order valence-corrected chi connectivity index (χ3v) is 4.13. The number of carbonyl (C=O) groups excluding carboxylic acids is 1. The van der Waals surface area contributed by atoms with Gasteiger partial charge < -0.3 is 14.4 Å². The van der Waals surface area contributed by atoms with Gasteiger partial charge in [0.15, 0.2) is 0 Å². The zero-order chi connectivity index (χ0) is 17.1. The van der Waals surface area contributed by atoms with E-state index in [9.17, 15) is 4.79 Å². The lowest BCUT2D eigenvalue weighted by molar-refractivity contribution is -0.102. The SMILES string of the molecule is CCC1(OCc2ccn(C)n2)CCCN(C(=O)OC(C)(C)C)C1. The molecule has 0 bridgehead atoms. The lowest BCUT2D eigenvalue weighted by Gasteiger charge is -2.42. The third-order valence-electron chi connectivity index (χ3n) is 4.13. The molecule has 1 aliphatic heterocycles. The molecule has 1 aliphatic rings. The average molecular weight is 323 g/mol. The van der Waals surface area contributed by atoms with Crippen molar-refractivity contribution in [2.24, 2.45) is 7.05 Å². The van der Waals surface area contributed by atoms with Gasteiger partial charge in [-0.05, 0) is 46.1 Å². The Labute approximate surface area is 138 Å². The van der Waals surface area contributed by atoms with Crippen LogP contribution in [-0.2, 0) is 23.1 Å². The van der Waals surface area contributed by atoms with Crippen LogP contribution in [0.4, 0.5) is 4.79 Å². The summed E-state index contributed by atoms with van der Waals surface area (Å²) in [4.78, 5) is 14.1. The molecule has 1 saturated heterocycles. The number of ether oxygens (including phenoxy) is 2. The fourth-order valence-electron chi connectivity index (χ4n) is 2.86. The van der Waals surface area contributed by atoms with Gasteiger partial charge in [0.2, 0.25) is 0 Å². The lowest BCUT2D eigenvalue weighted by atomic mass is 9.90. The van der Waals surface area contributed by atoms with Gasteiger partial charge in [-0.15, -0.1) is 0 Å². The van der Waals surface area contributed by atoms with Crippen LogP contribution in [-0.4, -0.2) is 45.1 Å². The first kappa shape index (κ1) is 17.8. The van der Waals surface area contributed by atoms with Crippen LogP contribution in [0.15, 0.2) is 12.3 Å². The molecule has 1 amide bonds. The summed E-state index contributed by atoms with van der Waals surface area (Å²) >= 11 is 0. The molecule has 2 rings (SSSR count). The monoisotopic (exact) mass is 323 g/mol. The second-order valence-corrected chi connectivity index (χ2v) is 7.31. The first-order chi connectivity index (χ1) is 10.7.